The summed E-state index contributed by atoms with van der Waals surface area (Å²) in [5.41, 5.74) is 5.17. The van der Waals surface area contributed by atoms with E-state index in [4.69, 9.17) is 26.8 Å². The van der Waals surface area contributed by atoms with Gasteiger partial charge in [-0.25, -0.2) is 4.79 Å². The zero-order valence-corrected chi connectivity index (χ0v) is 15.2. The lowest BCUT2D eigenvalue weighted by molar-refractivity contribution is -0.139. The van der Waals surface area contributed by atoms with Crippen molar-refractivity contribution in [2.75, 3.05) is 19.0 Å². The van der Waals surface area contributed by atoms with Crippen molar-refractivity contribution >= 4 is 34.7 Å². The molecule has 0 radical (unpaired) electrons. The standard InChI is InChI=1S/C18H19N3O4S/c1-12(13-3-7-16(8-4-13)25-11-17(22)23)20-21-18(26)19-14-5-9-15(24-2)10-6-14/h3-10H,11H2,1-2H3,(H,22,23)(H2,19,21,26)/b20-12-. The number of anilines is 1. The Morgan fingerprint density at radius 1 is 1.12 bits per heavy atom. The van der Waals surface area contributed by atoms with Crippen molar-refractivity contribution in [3.63, 3.8) is 0 Å². The molecule has 0 bridgehead atoms. The minimum Gasteiger partial charge on any atom is -0.497 e. The molecule has 0 aromatic heterocycles. The van der Waals surface area contributed by atoms with Gasteiger partial charge in [-0.05, 0) is 73.2 Å². The quantitative estimate of drug-likeness (QED) is 0.390. The molecule has 0 aliphatic heterocycles. The van der Waals surface area contributed by atoms with Crippen LogP contribution in [0.25, 0.3) is 0 Å². The van der Waals surface area contributed by atoms with E-state index in [1.165, 1.54) is 0 Å². The molecule has 0 atom stereocenters. The van der Waals surface area contributed by atoms with Gasteiger partial charge in [0.1, 0.15) is 11.5 Å². The fourth-order valence-electron chi connectivity index (χ4n) is 1.97. The topological polar surface area (TPSA) is 92.2 Å². The van der Waals surface area contributed by atoms with Crippen LogP contribution in [0.2, 0.25) is 0 Å². The Hall–Kier alpha value is -3.13. The van der Waals surface area contributed by atoms with E-state index in [1.54, 1.807) is 31.4 Å². The smallest absolute Gasteiger partial charge is 0.341 e. The molecule has 3 N–H and O–H groups in total. The molecule has 136 valence electrons. The monoisotopic (exact) mass is 373 g/mol. The summed E-state index contributed by atoms with van der Waals surface area (Å²) in [5.74, 6) is 0.224. The van der Waals surface area contributed by atoms with Gasteiger partial charge in [0.2, 0.25) is 0 Å². The van der Waals surface area contributed by atoms with Gasteiger partial charge in [0, 0.05) is 5.69 Å². The van der Waals surface area contributed by atoms with Crippen LogP contribution in [0.5, 0.6) is 11.5 Å². The molecular formula is C18H19N3O4S. The average molecular weight is 373 g/mol. The van der Waals surface area contributed by atoms with Gasteiger partial charge in [0.05, 0.1) is 12.8 Å². The first-order valence-corrected chi connectivity index (χ1v) is 8.09. The maximum absolute atomic E-state index is 10.5. The largest absolute Gasteiger partial charge is 0.497 e. The molecule has 8 heteroatoms. The van der Waals surface area contributed by atoms with Crippen molar-refractivity contribution in [2.24, 2.45) is 5.10 Å². The summed E-state index contributed by atoms with van der Waals surface area (Å²) in [6.07, 6.45) is 0. The molecule has 0 heterocycles. The average Bonchev–Trinajstić information content (AvgIpc) is 2.65. The highest BCUT2D eigenvalue weighted by Crippen LogP contribution is 2.15. The van der Waals surface area contributed by atoms with Gasteiger partial charge in [-0.15, -0.1) is 0 Å². The number of carboxylic acid groups (broad SMARTS) is 1. The minimum atomic E-state index is -1.02. The lowest BCUT2D eigenvalue weighted by Gasteiger charge is -2.09. The van der Waals surface area contributed by atoms with E-state index in [0.29, 0.717) is 16.6 Å². The lowest BCUT2D eigenvalue weighted by Crippen LogP contribution is -2.24. The van der Waals surface area contributed by atoms with Gasteiger partial charge < -0.3 is 19.9 Å². The van der Waals surface area contributed by atoms with E-state index < -0.39 is 5.97 Å². The molecule has 0 unspecified atom stereocenters. The number of rotatable bonds is 7. The molecule has 0 saturated heterocycles. The van der Waals surface area contributed by atoms with E-state index in [0.717, 1.165) is 17.0 Å². The number of ether oxygens (including phenoxy) is 2. The number of nitrogens with zero attached hydrogens (tertiary/aromatic N) is 1. The van der Waals surface area contributed by atoms with Crippen LogP contribution < -0.4 is 20.2 Å². The molecule has 2 rings (SSSR count). The number of nitrogens with one attached hydrogen (secondary N) is 2. The predicted octanol–water partition coefficient (Wildman–Crippen LogP) is 2.87. The Morgan fingerprint density at radius 3 is 2.31 bits per heavy atom. The van der Waals surface area contributed by atoms with Crippen LogP contribution in [0.3, 0.4) is 0 Å². The van der Waals surface area contributed by atoms with Gasteiger partial charge in [0.15, 0.2) is 11.7 Å². The van der Waals surface area contributed by atoms with Crippen LogP contribution in [-0.2, 0) is 4.79 Å². The second kappa shape index (κ2) is 9.38. The van der Waals surface area contributed by atoms with Gasteiger partial charge in [-0.3, -0.25) is 5.43 Å². The van der Waals surface area contributed by atoms with Crippen molar-refractivity contribution in [3.8, 4) is 11.5 Å². The predicted molar refractivity (Wildman–Crippen MR) is 104 cm³/mol. The molecule has 0 aliphatic carbocycles. The van der Waals surface area contributed by atoms with Crippen molar-refractivity contribution in [1.82, 2.24) is 5.43 Å². The molecule has 7 nitrogen and oxygen atoms in total. The number of hydrogen-bond acceptors (Lipinski definition) is 5. The van der Waals surface area contributed by atoms with E-state index in [-0.39, 0.29) is 6.61 Å². The van der Waals surface area contributed by atoms with E-state index >= 15 is 0 Å². The molecule has 2 aromatic carbocycles. The Morgan fingerprint density at radius 2 is 1.73 bits per heavy atom. The zero-order valence-electron chi connectivity index (χ0n) is 14.4. The van der Waals surface area contributed by atoms with Crippen LogP contribution in [0.1, 0.15) is 12.5 Å². The molecular weight excluding hydrogens is 354 g/mol. The third-order valence-corrected chi connectivity index (χ3v) is 3.50. The van der Waals surface area contributed by atoms with E-state index in [9.17, 15) is 4.79 Å². The number of aliphatic carboxylic acids is 1. The Bertz CT molecular complexity index is 789. The van der Waals surface area contributed by atoms with Crippen molar-refractivity contribution in [3.05, 3.63) is 54.1 Å². The van der Waals surface area contributed by atoms with Crippen LogP contribution in [0.4, 0.5) is 5.69 Å². The second-order valence-corrected chi connectivity index (χ2v) is 5.61. The number of benzene rings is 2. The summed E-state index contributed by atoms with van der Waals surface area (Å²) in [6, 6.07) is 14.3. The second-order valence-electron chi connectivity index (χ2n) is 5.20. The van der Waals surface area contributed by atoms with Crippen molar-refractivity contribution < 1.29 is 19.4 Å². The van der Waals surface area contributed by atoms with Gasteiger partial charge in [0.25, 0.3) is 0 Å². The molecule has 0 saturated carbocycles. The summed E-state index contributed by atoms with van der Waals surface area (Å²) in [5, 5.41) is 16.2. The van der Waals surface area contributed by atoms with Gasteiger partial charge in [-0.2, -0.15) is 5.10 Å². The molecule has 0 fully saturated rings. The fraction of sp³-hybridized carbons (Fsp3) is 0.167. The first-order chi connectivity index (χ1) is 12.5. The number of carbonyl (C=O) groups is 1. The normalized spacial score (nSPS) is 10.8. The van der Waals surface area contributed by atoms with E-state index in [2.05, 4.69) is 15.8 Å². The highest BCUT2D eigenvalue weighted by atomic mass is 32.1. The Kier molecular flexibility index (Phi) is 6.92. The van der Waals surface area contributed by atoms with Crippen LogP contribution in [0.15, 0.2) is 53.6 Å². The first kappa shape index (κ1) is 19.2. The highest BCUT2D eigenvalue weighted by molar-refractivity contribution is 7.80. The van der Waals surface area contributed by atoms with E-state index in [1.807, 2.05) is 31.2 Å². The number of carboxylic acids is 1. The lowest BCUT2D eigenvalue weighted by atomic mass is 10.1. The first-order valence-electron chi connectivity index (χ1n) is 7.68. The van der Waals surface area contributed by atoms with Crippen molar-refractivity contribution in [2.45, 2.75) is 6.92 Å². The SMILES string of the molecule is COc1ccc(NC(=S)N/N=C(/C)c2ccc(OCC(=O)O)cc2)cc1. The zero-order chi connectivity index (χ0) is 18.9. The van der Waals surface area contributed by atoms with Crippen LogP contribution >= 0.6 is 12.2 Å². The van der Waals surface area contributed by atoms with Crippen LogP contribution in [0, 0.1) is 0 Å². The maximum atomic E-state index is 10.5. The number of hydrazone groups is 1. The molecule has 26 heavy (non-hydrogen) atoms. The Labute approximate surface area is 156 Å². The molecule has 2 aromatic rings. The Balaban J connectivity index is 1.89. The summed E-state index contributed by atoms with van der Waals surface area (Å²) < 4.78 is 10.2. The number of hydrogen-bond donors (Lipinski definition) is 3. The summed E-state index contributed by atoms with van der Waals surface area (Å²) in [4.78, 5) is 10.5. The third-order valence-electron chi connectivity index (χ3n) is 3.31. The summed E-state index contributed by atoms with van der Waals surface area (Å²) >= 11 is 5.21. The molecule has 0 aliphatic rings. The van der Waals surface area contributed by atoms with Crippen molar-refractivity contribution in [1.29, 1.82) is 0 Å². The molecule has 0 spiro atoms. The fourth-order valence-corrected chi connectivity index (χ4v) is 2.13. The minimum absolute atomic E-state index is 0.357. The van der Waals surface area contributed by atoms with Gasteiger partial charge >= 0.3 is 5.97 Å². The van der Waals surface area contributed by atoms with Crippen LogP contribution in [-0.4, -0.2) is 35.6 Å². The van der Waals surface area contributed by atoms with Gasteiger partial charge in [-0.1, -0.05) is 0 Å². The maximum Gasteiger partial charge on any atom is 0.341 e. The summed E-state index contributed by atoms with van der Waals surface area (Å²) in [7, 11) is 1.61. The summed E-state index contributed by atoms with van der Waals surface area (Å²) in [6.45, 7) is 1.45. The third kappa shape index (κ3) is 6.06. The number of methoxy groups -OCH3 is 1. The number of thiocarbonyl (C=S) groups is 1. The highest BCUT2D eigenvalue weighted by Gasteiger charge is 2.02. The molecule has 0 amide bonds.